The van der Waals surface area contributed by atoms with E-state index in [4.69, 9.17) is 0 Å². The number of aryl methyl sites for hydroxylation is 2. The first-order valence-electron chi connectivity index (χ1n) is 7.50. The van der Waals surface area contributed by atoms with Crippen LogP contribution in [0.4, 0.5) is 5.13 Å². The molecule has 1 saturated heterocycles. The van der Waals surface area contributed by atoms with Crippen molar-refractivity contribution in [3.8, 4) is 0 Å². The van der Waals surface area contributed by atoms with Gasteiger partial charge in [-0.15, -0.1) is 22.7 Å². The number of aromatic nitrogens is 3. The molecule has 0 bridgehead atoms. The van der Waals surface area contributed by atoms with Crippen molar-refractivity contribution in [3.63, 3.8) is 0 Å². The summed E-state index contributed by atoms with van der Waals surface area (Å²) < 4.78 is 1.85. The minimum atomic E-state index is 0.129. The Balaban J connectivity index is 1.50. The Hall–Kier alpha value is -1.93. The molecule has 8 heteroatoms. The van der Waals surface area contributed by atoms with Gasteiger partial charge in [-0.05, 0) is 13.0 Å². The molecule has 120 valence electrons. The van der Waals surface area contributed by atoms with Crippen LogP contribution in [0.15, 0.2) is 17.6 Å². The molecular weight excluding hydrogens is 330 g/mol. The number of rotatable bonds is 2. The number of hydrogen-bond acceptors (Lipinski definition) is 6. The van der Waals surface area contributed by atoms with Gasteiger partial charge in [0.1, 0.15) is 4.83 Å². The van der Waals surface area contributed by atoms with Gasteiger partial charge in [0.2, 0.25) is 0 Å². The lowest BCUT2D eigenvalue weighted by Gasteiger charge is -2.34. The van der Waals surface area contributed by atoms with Crippen LogP contribution in [0.25, 0.3) is 10.2 Å². The number of nitrogens with zero attached hydrogens (tertiary/aromatic N) is 5. The highest BCUT2D eigenvalue weighted by Gasteiger charge is 2.25. The van der Waals surface area contributed by atoms with Crippen molar-refractivity contribution in [1.29, 1.82) is 0 Å². The Morgan fingerprint density at radius 3 is 2.70 bits per heavy atom. The van der Waals surface area contributed by atoms with Gasteiger partial charge in [0.15, 0.2) is 5.13 Å². The van der Waals surface area contributed by atoms with Crippen LogP contribution in [0.5, 0.6) is 0 Å². The smallest absolute Gasteiger partial charge is 0.264 e. The van der Waals surface area contributed by atoms with Crippen molar-refractivity contribution in [3.05, 3.63) is 28.2 Å². The van der Waals surface area contributed by atoms with Gasteiger partial charge in [-0.25, -0.2) is 4.98 Å². The maximum Gasteiger partial charge on any atom is 0.264 e. The molecule has 0 saturated carbocycles. The van der Waals surface area contributed by atoms with E-state index in [1.165, 1.54) is 11.3 Å². The van der Waals surface area contributed by atoms with Crippen LogP contribution < -0.4 is 4.90 Å². The summed E-state index contributed by atoms with van der Waals surface area (Å²) >= 11 is 3.18. The maximum absolute atomic E-state index is 12.8. The number of carbonyl (C=O) groups is 1. The van der Waals surface area contributed by atoms with E-state index in [1.807, 2.05) is 41.2 Å². The fourth-order valence-electron chi connectivity index (χ4n) is 2.94. The highest BCUT2D eigenvalue weighted by Crippen LogP contribution is 2.29. The average Bonchev–Trinajstić information content (AvgIpc) is 3.27. The van der Waals surface area contributed by atoms with Crippen molar-refractivity contribution >= 4 is 43.9 Å². The minimum absolute atomic E-state index is 0.129. The van der Waals surface area contributed by atoms with Crippen LogP contribution in [-0.4, -0.2) is 51.8 Å². The van der Waals surface area contributed by atoms with E-state index in [0.717, 1.165) is 52.1 Å². The molecule has 23 heavy (non-hydrogen) atoms. The Kier molecular flexibility index (Phi) is 3.57. The quantitative estimate of drug-likeness (QED) is 0.714. The number of carbonyl (C=O) groups excluding carboxylic acids is 1. The third kappa shape index (κ3) is 2.51. The second kappa shape index (κ2) is 5.61. The normalized spacial score (nSPS) is 15.6. The molecule has 0 aromatic carbocycles. The van der Waals surface area contributed by atoms with Crippen LogP contribution in [0.2, 0.25) is 0 Å². The van der Waals surface area contributed by atoms with Gasteiger partial charge >= 0.3 is 0 Å². The van der Waals surface area contributed by atoms with E-state index in [1.54, 1.807) is 11.3 Å². The number of thiazole rings is 1. The second-order valence-corrected chi connectivity index (χ2v) is 7.54. The van der Waals surface area contributed by atoms with Gasteiger partial charge in [0, 0.05) is 50.2 Å². The predicted molar refractivity (Wildman–Crippen MR) is 93.6 cm³/mol. The fourth-order valence-corrected chi connectivity index (χ4v) is 4.73. The molecule has 4 rings (SSSR count). The molecule has 0 atom stereocenters. The molecule has 3 aromatic heterocycles. The topological polar surface area (TPSA) is 54.3 Å². The van der Waals surface area contributed by atoms with Crippen molar-refractivity contribution in [2.75, 3.05) is 31.1 Å². The van der Waals surface area contributed by atoms with Crippen molar-refractivity contribution in [2.24, 2.45) is 7.05 Å². The third-order valence-corrected chi connectivity index (χ3v) is 6.19. The zero-order chi connectivity index (χ0) is 16.0. The van der Waals surface area contributed by atoms with Gasteiger partial charge in [0.05, 0.1) is 10.6 Å². The highest BCUT2D eigenvalue weighted by atomic mass is 32.1. The number of hydrogen-bond donors (Lipinski definition) is 0. The SMILES string of the molecule is Cc1nn(C)c2sc(C(=O)N3CCN(c4nccs4)CC3)cc12. The first-order chi connectivity index (χ1) is 11.1. The van der Waals surface area contributed by atoms with Crippen LogP contribution in [0, 0.1) is 6.92 Å². The monoisotopic (exact) mass is 347 g/mol. The van der Waals surface area contributed by atoms with E-state index in [9.17, 15) is 4.79 Å². The van der Waals surface area contributed by atoms with Gasteiger partial charge in [-0.3, -0.25) is 9.48 Å². The Labute approximate surface area is 142 Å². The van der Waals surface area contributed by atoms with E-state index >= 15 is 0 Å². The summed E-state index contributed by atoms with van der Waals surface area (Å²) in [4.78, 5) is 23.2. The Morgan fingerprint density at radius 2 is 2.04 bits per heavy atom. The Bertz CT molecular complexity index is 808. The lowest BCUT2D eigenvalue weighted by atomic mass is 10.2. The van der Waals surface area contributed by atoms with E-state index < -0.39 is 0 Å². The summed E-state index contributed by atoms with van der Waals surface area (Å²) in [6, 6.07) is 1.98. The largest absolute Gasteiger partial charge is 0.345 e. The molecule has 3 aromatic rings. The summed E-state index contributed by atoms with van der Waals surface area (Å²) in [5, 5.41) is 8.51. The summed E-state index contributed by atoms with van der Waals surface area (Å²) in [6.07, 6.45) is 1.82. The molecule has 0 N–H and O–H groups in total. The van der Waals surface area contributed by atoms with Crippen molar-refractivity contribution < 1.29 is 4.79 Å². The molecule has 1 amide bonds. The third-order valence-electron chi connectivity index (χ3n) is 4.16. The number of thiophene rings is 1. The van der Waals surface area contributed by atoms with Gasteiger partial charge < -0.3 is 9.80 Å². The maximum atomic E-state index is 12.8. The molecule has 0 spiro atoms. The molecule has 0 radical (unpaired) electrons. The second-order valence-electron chi connectivity index (χ2n) is 5.63. The minimum Gasteiger partial charge on any atom is -0.345 e. The van der Waals surface area contributed by atoms with Gasteiger partial charge in [-0.1, -0.05) is 0 Å². The zero-order valence-electron chi connectivity index (χ0n) is 13.0. The molecular formula is C15H17N5OS2. The van der Waals surface area contributed by atoms with Crippen molar-refractivity contribution in [1.82, 2.24) is 19.7 Å². The first kappa shape index (κ1) is 14.6. The van der Waals surface area contributed by atoms with Gasteiger partial charge in [0.25, 0.3) is 5.91 Å². The molecule has 6 nitrogen and oxygen atoms in total. The summed E-state index contributed by atoms with van der Waals surface area (Å²) in [7, 11) is 1.92. The van der Waals surface area contributed by atoms with Crippen LogP contribution in [-0.2, 0) is 7.05 Å². The molecule has 1 aliphatic heterocycles. The van der Waals surface area contributed by atoms with E-state index in [0.29, 0.717) is 0 Å². The van der Waals surface area contributed by atoms with Crippen molar-refractivity contribution in [2.45, 2.75) is 6.92 Å². The molecule has 0 unspecified atom stereocenters. The summed E-state index contributed by atoms with van der Waals surface area (Å²) in [5.41, 5.74) is 0.978. The standard InChI is InChI=1S/C15H17N5OS2/c1-10-11-9-12(23-14(11)18(2)17-10)13(21)19-4-6-20(7-5-19)15-16-3-8-22-15/h3,8-9H,4-7H2,1-2H3. The predicted octanol–water partition coefficient (Wildman–Crippen LogP) is 2.36. The lowest BCUT2D eigenvalue weighted by Crippen LogP contribution is -2.48. The first-order valence-corrected chi connectivity index (χ1v) is 9.20. The van der Waals surface area contributed by atoms with Crippen LogP contribution in [0.3, 0.4) is 0 Å². The fraction of sp³-hybridized carbons (Fsp3) is 0.400. The van der Waals surface area contributed by atoms with Gasteiger partial charge in [-0.2, -0.15) is 5.10 Å². The lowest BCUT2D eigenvalue weighted by molar-refractivity contribution is 0.0751. The van der Waals surface area contributed by atoms with E-state index in [-0.39, 0.29) is 5.91 Å². The average molecular weight is 347 g/mol. The Morgan fingerprint density at radius 1 is 1.26 bits per heavy atom. The summed E-state index contributed by atoms with van der Waals surface area (Å²) in [6.45, 7) is 5.14. The number of amides is 1. The van der Waals surface area contributed by atoms with Crippen LogP contribution >= 0.6 is 22.7 Å². The van der Waals surface area contributed by atoms with Crippen LogP contribution in [0.1, 0.15) is 15.4 Å². The molecule has 0 aliphatic carbocycles. The highest BCUT2D eigenvalue weighted by molar-refractivity contribution is 7.20. The number of fused-ring (bicyclic) bond motifs is 1. The number of anilines is 1. The molecule has 1 aliphatic rings. The van der Waals surface area contributed by atoms with E-state index in [2.05, 4.69) is 15.0 Å². The molecule has 4 heterocycles. The number of piperazine rings is 1. The molecule has 1 fully saturated rings. The summed E-state index contributed by atoms with van der Waals surface area (Å²) in [5.74, 6) is 0.129. The zero-order valence-corrected chi connectivity index (χ0v) is 14.7.